The van der Waals surface area contributed by atoms with E-state index in [9.17, 15) is 0 Å². The van der Waals surface area contributed by atoms with Crippen molar-refractivity contribution in [2.75, 3.05) is 0 Å². The Morgan fingerprint density at radius 3 is 1.46 bits per heavy atom. The molecule has 0 bridgehead atoms. The van der Waals surface area contributed by atoms with Crippen molar-refractivity contribution in [3.63, 3.8) is 0 Å². The number of rotatable bonds is 4. The number of benzene rings is 2. The van der Waals surface area contributed by atoms with Gasteiger partial charge in [0.05, 0.1) is 11.8 Å². The molecule has 0 aliphatic rings. The van der Waals surface area contributed by atoms with Crippen LogP contribution in [-0.4, -0.2) is 20.3 Å². The van der Waals surface area contributed by atoms with Crippen LogP contribution in [0.1, 0.15) is 11.6 Å². The minimum Gasteiger partial charge on any atom is -0.334 e. The lowest BCUT2D eigenvalue weighted by molar-refractivity contribution is 0.425. The van der Waals surface area contributed by atoms with Crippen LogP contribution in [0.15, 0.2) is 66.5 Å². The lowest BCUT2D eigenvalue weighted by atomic mass is 10.2. The third kappa shape index (κ3) is 5.64. The van der Waals surface area contributed by atoms with Crippen LogP contribution in [0, 0.1) is 0 Å². The number of aromatic nitrogens is 4. The fraction of sp³-hybridized carbons (Fsp3) is 0.111. The van der Waals surface area contributed by atoms with Gasteiger partial charge in [0.1, 0.15) is 0 Å². The Morgan fingerprint density at radius 1 is 0.714 bits per heavy atom. The van der Waals surface area contributed by atoms with Gasteiger partial charge in [0, 0.05) is 20.1 Å². The molecule has 144 valence electrons. The van der Waals surface area contributed by atoms with Crippen LogP contribution in [-0.2, 0) is 11.8 Å². The Hall–Kier alpha value is -1.74. The van der Waals surface area contributed by atoms with Crippen molar-refractivity contribution in [2.24, 2.45) is 0 Å². The van der Waals surface area contributed by atoms with Crippen LogP contribution in [0.2, 0.25) is 0 Å². The third-order valence-electron chi connectivity index (χ3n) is 3.32. The quantitative estimate of drug-likeness (QED) is 0.273. The van der Waals surface area contributed by atoms with E-state index in [4.69, 9.17) is 32.2 Å². The second kappa shape index (κ2) is 10.2. The molecule has 0 aliphatic carbocycles. The maximum Gasteiger partial charge on any atom is 0.258 e. The molecule has 0 saturated heterocycles. The molecule has 0 saturated carbocycles. The van der Waals surface area contributed by atoms with E-state index in [1.54, 1.807) is 0 Å². The van der Waals surface area contributed by atoms with Gasteiger partial charge >= 0.3 is 0 Å². The minimum absolute atomic E-state index is 0.261. The monoisotopic (exact) mass is 544 g/mol. The van der Waals surface area contributed by atoms with Gasteiger partial charge in [0.15, 0.2) is 11.6 Å². The number of halogens is 4. The molecule has 2 heterocycles. The summed E-state index contributed by atoms with van der Waals surface area (Å²) in [5.74, 6) is 2.50. The molecule has 28 heavy (non-hydrogen) atoms. The average Bonchev–Trinajstić information content (AvgIpc) is 3.38. The lowest BCUT2D eigenvalue weighted by Crippen LogP contribution is -1.80. The van der Waals surface area contributed by atoms with Crippen molar-refractivity contribution in [3.8, 4) is 22.9 Å². The van der Waals surface area contributed by atoms with Gasteiger partial charge in [-0.1, -0.05) is 54.3 Å². The Labute approximate surface area is 187 Å². The molecule has 0 unspecified atom stereocenters. The van der Waals surface area contributed by atoms with E-state index in [1.165, 1.54) is 0 Å². The first-order chi connectivity index (χ1) is 13.6. The maximum absolute atomic E-state index is 5.56. The zero-order valence-electron chi connectivity index (χ0n) is 14.2. The number of hydrogen-bond donors (Lipinski definition) is 0. The van der Waals surface area contributed by atoms with Gasteiger partial charge in [-0.3, -0.25) is 0 Å². The van der Waals surface area contributed by atoms with Gasteiger partial charge < -0.3 is 9.05 Å². The van der Waals surface area contributed by atoms with Crippen LogP contribution in [0.5, 0.6) is 0 Å². The highest BCUT2D eigenvalue weighted by atomic mass is 79.9. The Morgan fingerprint density at radius 2 is 1.14 bits per heavy atom. The Balaban J connectivity index is 0.000000161. The Bertz CT molecular complexity index is 972. The van der Waals surface area contributed by atoms with Crippen molar-refractivity contribution in [2.45, 2.75) is 11.8 Å². The second-order valence-corrected chi connectivity index (χ2v) is 7.69. The van der Waals surface area contributed by atoms with Crippen LogP contribution >= 0.6 is 55.1 Å². The molecule has 0 aliphatic heterocycles. The van der Waals surface area contributed by atoms with Crippen molar-refractivity contribution >= 4 is 55.1 Å². The summed E-state index contributed by atoms with van der Waals surface area (Å²) in [4.78, 5) is 8.22. The fourth-order valence-electron chi connectivity index (χ4n) is 2.09. The van der Waals surface area contributed by atoms with Gasteiger partial charge in [0.25, 0.3) is 11.8 Å². The van der Waals surface area contributed by atoms with Gasteiger partial charge in [-0.25, -0.2) is 0 Å². The van der Waals surface area contributed by atoms with Crippen LogP contribution in [0.4, 0.5) is 0 Å². The standard InChI is InChI=1S/2C9H6BrClN2O/c2*10-7-3-1-2-6(4-7)9-12-8(5-11)13-14-9/h2*1-4H,5H2. The summed E-state index contributed by atoms with van der Waals surface area (Å²) in [5, 5.41) is 7.41. The molecule has 0 radical (unpaired) electrons. The van der Waals surface area contributed by atoms with E-state index in [1.807, 2.05) is 48.5 Å². The molecule has 4 rings (SSSR count). The van der Waals surface area contributed by atoms with E-state index in [2.05, 4.69) is 52.1 Å². The predicted octanol–water partition coefficient (Wildman–Crippen LogP) is 6.48. The summed E-state index contributed by atoms with van der Waals surface area (Å²) in [6.45, 7) is 0. The molecule has 0 N–H and O–H groups in total. The van der Waals surface area contributed by atoms with Gasteiger partial charge in [-0.05, 0) is 36.4 Å². The normalized spacial score (nSPS) is 10.4. The summed E-state index contributed by atoms with van der Waals surface area (Å²) in [6.07, 6.45) is 0. The molecule has 0 atom stereocenters. The molecule has 0 amide bonds. The highest BCUT2D eigenvalue weighted by Crippen LogP contribution is 2.22. The average molecular weight is 547 g/mol. The fourth-order valence-corrected chi connectivity index (χ4v) is 3.11. The zero-order chi connectivity index (χ0) is 19.9. The molecule has 0 fully saturated rings. The predicted molar refractivity (Wildman–Crippen MR) is 114 cm³/mol. The van der Waals surface area contributed by atoms with E-state index >= 15 is 0 Å². The van der Waals surface area contributed by atoms with Gasteiger partial charge in [-0.15, -0.1) is 23.2 Å². The van der Waals surface area contributed by atoms with Crippen molar-refractivity contribution in [1.82, 2.24) is 20.3 Å². The maximum atomic E-state index is 5.56. The van der Waals surface area contributed by atoms with Crippen LogP contribution in [0.3, 0.4) is 0 Å². The molecule has 6 nitrogen and oxygen atoms in total. The summed E-state index contributed by atoms with van der Waals surface area (Å²) >= 11 is 17.9. The lowest BCUT2D eigenvalue weighted by Gasteiger charge is -1.93. The van der Waals surface area contributed by atoms with E-state index in [-0.39, 0.29) is 11.8 Å². The van der Waals surface area contributed by atoms with Crippen molar-refractivity contribution in [1.29, 1.82) is 0 Å². The number of hydrogen-bond acceptors (Lipinski definition) is 6. The van der Waals surface area contributed by atoms with Crippen LogP contribution < -0.4 is 0 Å². The highest BCUT2D eigenvalue weighted by molar-refractivity contribution is 9.10. The first-order valence-corrected chi connectivity index (χ1v) is 10.5. The second-order valence-electron chi connectivity index (χ2n) is 5.32. The Kier molecular flexibility index (Phi) is 7.61. The van der Waals surface area contributed by atoms with Crippen molar-refractivity contribution in [3.05, 3.63) is 69.1 Å². The molecule has 4 aromatic rings. The molecule has 2 aromatic heterocycles. The summed E-state index contributed by atoms with van der Waals surface area (Å²) in [5.41, 5.74) is 1.76. The van der Waals surface area contributed by atoms with E-state index in [0.29, 0.717) is 23.4 Å². The SMILES string of the molecule is ClCc1noc(-c2cccc(Br)c2)n1.ClCc1noc(-c2cccc(Br)c2)n1. The highest BCUT2D eigenvalue weighted by Gasteiger charge is 2.08. The first kappa shape index (κ1) is 21.0. The molecular formula is C18H12Br2Cl2N4O2. The topological polar surface area (TPSA) is 77.8 Å². The van der Waals surface area contributed by atoms with E-state index in [0.717, 1.165) is 20.1 Å². The third-order valence-corrected chi connectivity index (χ3v) is 4.78. The molecule has 10 heteroatoms. The van der Waals surface area contributed by atoms with Crippen LogP contribution in [0.25, 0.3) is 22.9 Å². The molecule has 0 spiro atoms. The van der Waals surface area contributed by atoms with Gasteiger partial charge in [-0.2, -0.15) is 9.97 Å². The summed E-state index contributed by atoms with van der Waals surface area (Å²) < 4.78 is 12.0. The number of alkyl halides is 2. The largest absolute Gasteiger partial charge is 0.334 e. The smallest absolute Gasteiger partial charge is 0.258 e. The minimum atomic E-state index is 0.261. The van der Waals surface area contributed by atoms with Crippen molar-refractivity contribution < 1.29 is 9.05 Å². The molecule has 2 aromatic carbocycles. The zero-order valence-corrected chi connectivity index (χ0v) is 18.8. The first-order valence-electron chi connectivity index (χ1n) is 7.88. The van der Waals surface area contributed by atoms with E-state index < -0.39 is 0 Å². The summed E-state index contributed by atoms with van der Waals surface area (Å²) in [6, 6.07) is 15.3. The molecular weight excluding hydrogens is 535 g/mol. The number of nitrogens with zero attached hydrogens (tertiary/aromatic N) is 4. The summed E-state index contributed by atoms with van der Waals surface area (Å²) in [7, 11) is 0. The van der Waals surface area contributed by atoms with Gasteiger partial charge in [0.2, 0.25) is 0 Å².